The lowest BCUT2D eigenvalue weighted by Gasteiger charge is -1.97. The zero-order valence-corrected chi connectivity index (χ0v) is 7.78. The molecular formula is C10H11NO3. The summed E-state index contributed by atoms with van der Waals surface area (Å²) in [6.07, 6.45) is 3.07. The Morgan fingerprint density at radius 1 is 1.57 bits per heavy atom. The summed E-state index contributed by atoms with van der Waals surface area (Å²) in [6, 6.07) is 3.15. The highest BCUT2D eigenvalue weighted by Crippen LogP contribution is 2.14. The van der Waals surface area contributed by atoms with Gasteiger partial charge in [-0.3, -0.25) is 0 Å². The Labute approximate surface area is 81.5 Å². The topological polar surface area (TPSA) is 62.3 Å². The number of carbonyl (C=O) groups is 1. The van der Waals surface area contributed by atoms with Gasteiger partial charge in [0.15, 0.2) is 0 Å². The van der Waals surface area contributed by atoms with Crippen LogP contribution in [-0.2, 0) is 4.74 Å². The molecule has 1 rings (SSSR count). The van der Waals surface area contributed by atoms with E-state index < -0.39 is 5.97 Å². The number of hydrogen-bond acceptors (Lipinski definition) is 2. The van der Waals surface area contributed by atoms with E-state index in [1.54, 1.807) is 12.1 Å². The maximum atomic E-state index is 10.6. The number of H-pyrrole nitrogens is 1. The summed E-state index contributed by atoms with van der Waals surface area (Å²) in [5, 5.41) is 8.67. The van der Waals surface area contributed by atoms with E-state index in [4.69, 9.17) is 9.84 Å². The number of methoxy groups -OCH3 is 1. The monoisotopic (exact) mass is 193 g/mol. The summed E-state index contributed by atoms with van der Waals surface area (Å²) in [7, 11) is 1.52. The van der Waals surface area contributed by atoms with Gasteiger partial charge >= 0.3 is 5.97 Å². The molecule has 4 heteroatoms. The molecule has 1 aromatic rings. The van der Waals surface area contributed by atoms with Crippen molar-refractivity contribution in [1.82, 2.24) is 4.98 Å². The molecular weight excluding hydrogens is 182 g/mol. The first kappa shape index (κ1) is 10.1. The van der Waals surface area contributed by atoms with Crippen molar-refractivity contribution in [3.05, 3.63) is 42.4 Å². The number of carboxylic acids is 1. The van der Waals surface area contributed by atoms with Gasteiger partial charge in [0.05, 0.1) is 13.4 Å². The highest BCUT2D eigenvalue weighted by Gasteiger charge is 2.07. The highest BCUT2D eigenvalue weighted by atomic mass is 16.5. The van der Waals surface area contributed by atoms with Gasteiger partial charge in [0.25, 0.3) is 0 Å². The fourth-order valence-electron chi connectivity index (χ4n) is 1.04. The Bertz CT molecular complexity index is 376. The molecule has 0 spiro atoms. The molecule has 0 aromatic carbocycles. The van der Waals surface area contributed by atoms with Crippen LogP contribution in [0.25, 0.3) is 5.57 Å². The second-order valence-electron chi connectivity index (χ2n) is 2.60. The van der Waals surface area contributed by atoms with E-state index in [0.29, 0.717) is 11.3 Å². The van der Waals surface area contributed by atoms with E-state index in [1.807, 2.05) is 0 Å². The summed E-state index contributed by atoms with van der Waals surface area (Å²) >= 11 is 0. The minimum absolute atomic E-state index is 0.142. The van der Waals surface area contributed by atoms with Crippen molar-refractivity contribution in [2.45, 2.75) is 0 Å². The van der Waals surface area contributed by atoms with E-state index in [9.17, 15) is 4.79 Å². The van der Waals surface area contributed by atoms with Crippen LogP contribution in [-0.4, -0.2) is 23.2 Å². The number of carboxylic acid groups (broad SMARTS) is 1. The van der Waals surface area contributed by atoms with Gasteiger partial charge in [0.1, 0.15) is 5.69 Å². The lowest BCUT2D eigenvalue weighted by Crippen LogP contribution is -1.96. The predicted molar refractivity (Wildman–Crippen MR) is 52.9 cm³/mol. The number of rotatable bonds is 4. The minimum Gasteiger partial charge on any atom is -0.504 e. The minimum atomic E-state index is -0.989. The number of nitrogens with one attached hydrogen (secondary N) is 1. The van der Waals surface area contributed by atoms with Crippen LogP contribution in [0.15, 0.2) is 31.0 Å². The fourth-order valence-corrected chi connectivity index (χ4v) is 1.04. The molecule has 0 fully saturated rings. The van der Waals surface area contributed by atoms with Crippen molar-refractivity contribution < 1.29 is 14.6 Å². The zero-order chi connectivity index (χ0) is 10.6. The van der Waals surface area contributed by atoms with Gasteiger partial charge in [-0.1, -0.05) is 12.7 Å². The molecule has 0 bridgehead atoms. The molecule has 2 N–H and O–H groups in total. The molecule has 0 atom stereocenters. The standard InChI is InChI=1S/C10H11NO3/c1-3-7(6-14-2)8-4-5-9(11-8)10(12)13/h3-6,11H,1H2,2H3,(H,12,13)/b7-6-. The molecule has 0 saturated carbocycles. The maximum absolute atomic E-state index is 10.6. The first-order valence-electron chi connectivity index (χ1n) is 3.97. The molecule has 0 amide bonds. The van der Waals surface area contributed by atoms with Crippen LogP contribution in [0, 0.1) is 0 Å². The molecule has 0 radical (unpaired) electrons. The van der Waals surface area contributed by atoms with Gasteiger partial charge in [0.2, 0.25) is 0 Å². The smallest absolute Gasteiger partial charge is 0.352 e. The average Bonchev–Trinajstić information content (AvgIpc) is 2.63. The number of ether oxygens (including phenoxy) is 1. The van der Waals surface area contributed by atoms with E-state index in [2.05, 4.69) is 11.6 Å². The van der Waals surface area contributed by atoms with Crippen molar-refractivity contribution in [2.24, 2.45) is 0 Å². The van der Waals surface area contributed by atoms with Gasteiger partial charge in [-0.05, 0) is 12.1 Å². The van der Waals surface area contributed by atoms with Gasteiger partial charge in [0, 0.05) is 11.3 Å². The Morgan fingerprint density at radius 2 is 2.21 bits per heavy atom. The van der Waals surface area contributed by atoms with Gasteiger partial charge in [-0.25, -0.2) is 4.79 Å². The van der Waals surface area contributed by atoms with Gasteiger partial charge in [-0.15, -0.1) is 0 Å². The Hall–Kier alpha value is -1.97. The maximum Gasteiger partial charge on any atom is 0.352 e. The van der Waals surface area contributed by atoms with E-state index >= 15 is 0 Å². The summed E-state index contributed by atoms with van der Waals surface area (Å²) in [6.45, 7) is 3.59. The van der Waals surface area contributed by atoms with Crippen LogP contribution >= 0.6 is 0 Å². The number of hydrogen-bond donors (Lipinski definition) is 2. The molecule has 0 aliphatic carbocycles. The number of allylic oxidation sites excluding steroid dienone is 2. The molecule has 14 heavy (non-hydrogen) atoms. The number of aromatic carboxylic acids is 1. The predicted octanol–water partition coefficient (Wildman–Crippen LogP) is 1.89. The molecule has 74 valence electrons. The van der Waals surface area contributed by atoms with Crippen molar-refractivity contribution >= 4 is 11.5 Å². The lowest BCUT2D eigenvalue weighted by atomic mass is 10.2. The molecule has 0 saturated heterocycles. The molecule has 1 aromatic heterocycles. The van der Waals surface area contributed by atoms with Crippen molar-refractivity contribution in [3.8, 4) is 0 Å². The Morgan fingerprint density at radius 3 is 2.64 bits per heavy atom. The largest absolute Gasteiger partial charge is 0.504 e. The van der Waals surface area contributed by atoms with E-state index in [0.717, 1.165) is 0 Å². The van der Waals surface area contributed by atoms with Gasteiger partial charge in [-0.2, -0.15) is 0 Å². The Kier molecular flexibility index (Phi) is 3.12. The molecule has 0 aliphatic rings. The average molecular weight is 193 g/mol. The summed E-state index contributed by atoms with van der Waals surface area (Å²) in [4.78, 5) is 13.3. The van der Waals surface area contributed by atoms with Crippen LogP contribution in [0.3, 0.4) is 0 Å². The molecule has 1 heterocycles. The third-order valence-electron chi connectivity index (χ3n) is 1.69. The third kappa shape index (κ3) is 2.04. The summed E-state index contributed by atoms with van der Waals surface area (Å²) in [5.74, 6) is -0.989. The molecule has 4 nitrogen and oxygen atoms in total. The lowest BCUT2D eigenvalue weighted by molar-refractivity contribution is 0.0691. The normalized spacial score (nSPS) is 11.1. The van der Waals surface area contributed by atoms with E-state index in [1.165, 1.54) is 19.4 Å². The van der Waals surface area contributed by atoms with Crippen molar-refractivity contribution in [3.63, 3.8) is 0 Å². The van der Waals surface area contributed by atoms with Crippen LogP contribution in [0.5, 0.6) is 0 Å². The van der Waals surface area contributed by atoms with Crippen LogP contribution in [0.2, 0.25) is 0 Å². The van der Waals surface area contributed by atoms with Crippen molar-refractivity contribution in [2.75, 3.05) is 7.11 Å². The first-order chi connectivity index (χ1) is 6.69. The number of aromatic nitrogens is 1. The first-order valence-corrected chi connectivity index (χ1v) is 3.97. The molecule has 0 aliphatic heterocycles. The zero-order valence-electron chi connectivity index (χ0n) is 7.78. The SMILES string of the molecule is C=C/C(=C/OC)c1ccc(C(=O)O)[nH]1. The summed E-state index contributed by atoms with van der Waals surface area (Å²) in [5.41, 5.74) is 1.52. The van der Waals surface area contributed by atoms with Crippen LogP contribution in [0.4, 0.5) is 0 Å². The highest BCUT2D eigenvalue weighted by molar-refractivity contribution is 5.87. The molecule has 0 unspecified atom stereocenters. The quantitative estimate of drug-likeness (QED) is 0.567. The number of aromatic amines is 1. The van der Waals surface area contributed by atoms with Gasteiger partial charge < -0.3 is 14.8 Å². The van der Waals surface area contributed by atoms with Crippen molar-refractivity contribution in [1.29, 1.82) is 0 Å². The Balaban J connectivity index is 3.01. The second-order valence-corrected chi connectivity index (χ2v) is 2.60. The van der Waals surface area contributed by atoms with Crippen LogP contribution < -0.4 is 0 Å². The fraction of sp³-hybridized carbons (Fsp3) is 0.100. The van der Waals surface area contributed by atoms with E-state index in [-0.39, 0.29) is 5.69 Å². The second kappa shape index (κ2) is 4.32. The summed E-state index contributed by atoms with van der Waals surface area (Å²) < 4.78 is 4.82. The third-order valence-corrected chi connectivity index (χ3v) is 1.69. The van der Waals surface area contributed by atoms with Crippen LogP contribution in [0.1, 0.15) is 16.2 Å².